The van der Waals surface area contributed by atoms with Gasteiger partial charge in [0.05, 0.1) is 21.5 Å². The number of para-hydroxylation sites is 1. The second-order valence-electron chi connectivity index (χ2n) is 6.64. The molecule has 0 bridgehead atoms. The van der Waals surface area contributed by atoms with Crippen molar-refractivity contribution in [2.24, 2.45) is 0 Å². The lowest BCUT2D eigenvalue weighted by Crippen LogP contribution is -2.14. The van der Waals surface area contributed by atoms with Crippen molar-refractivity contribution in [1.29, 1.82) is 0 Å². The van der Waals surface area contributed by atoms with Crippen molar-refractivity contribution >= 4 is 46.6 Å². The molecule has 0 atom stereocenters. The summed E-state index contributed by atoms with van der Waals surface area (Å²) < 4.78 is 1.95. The molecule has 0 radical (unpaired) electrons. The Balaban J connectivity index is 1.59. The van der Waals surface area contributed by atoms with Crippen LogP contribution in [-0.4, -0.2) is 31.4 Å². The van der Waals surface area contributed by atoms with E-state index in [2.05, 4.69) is 20.5 Å². The van der Waals surface area contributed by atoms with Crippen molar-refractivity contribution in [3.05, 3.63) is 82.6 Å². The van der Waals surface area contributed by atoms with Crippen LogP contribution in [0.25, 0.3) is 17.1 Å². The first-order valence-electron chi connectivity index (χ1n) is 9.32. The van der Waals surface area contributed by atoms with Gasteiger partial charge in [0.2, 0.25) is 5.91 Å². The van der Waals surface area contributed by atoms with Gasteiger partial charge < -0.3 is 5.32 Å². The minimum Gasteiger partial charge on any atom is -0.325 e. The summed E-state index contributed by atoms with van der Waals surface area (Å²) in [5.74, 6) is 0.623. The fourth-order valence-electron chi connectivity index (χ4n) is 2.98. The maximum Gasteiger partial charge on any atom is 0.234 e. The summed E-state index contributed by atoms with van der Waals surface area (Å²) in [5.41, 5.74) is 3.43. The van der Waals surface area contributed by atoms with Gasteiger partial charge in [0.1, 0.15) is 0 Å². The van der Waals surface area contributed by atoms with Gasteiger partial charge in [-0.25, -0.2) is 0 Å². The molecule has 2 aromatic heterocycles. The quantitative estimate of drug-likeness (QED) is 0.368. The van der Waals surface area contributed by atoms with Crippen LogP contribution in [0.15, 0.2) is 72.1 Å². The van der Waals surface area contributed by atoms with Gasteiger partial charge in [0.25, 0.3) is 0 Å². The SMILES string of the molecule is Cc1ccccc1-n1c(SCC(=O)Nc2ccc(Cl)c(Cl)c2)nnc1-c1cccnc1. The predicted molar refractivity (Wildman–Crippen MR) is 125 cm³/mol. The molecule has 156 valence electrons. The van der Waals surface area contributed by atoms with E-state index in [0.717, 1.165) is 16.8 Å². The predicted octanol–water partition coefficient (Wildman–Crippen LogP) is 5.68. The van der Waals surface area contributed by atoms with E-state index in [-0.39, 0.29) is 11.7 Å². The molecule has 4 rings (SSSR count). The van der Waals surface area contributed by atoms with Crippen LogP contribution in [-0.2, 0) is 4.79 Å². The Bertz CT molecular complexity index is 1230. The average molecular weight is 470 g/mol. The number of benzene rings is 2. The van der Waals surface area contributed by atoms with Crippen LogP contribution in [0.2, 0.25) is 10.0 Å². The molecule has 6 nitrogen and oxygen atoms in total. The first-order chi connectivity index (χ1) is 15.0. The highest BCUT2D eigenvalue weighted by Crippen LogP contribution is 2.29. The van der Waals surface area contributed by atoms with Crippen molar-refractivity contribution in [2.45, 2.75) is 12.1 Å². The topological polar surface area (TPSA) is 72.7 Å². The van der Waals surface area contributed by atoms with Crippen molar-refractivity contribution < 1.29 is 4.79 Å². The van der Waals surface area contributed by atoms with Gasteiger partial charge in [-0.05, 0) is 48.9 Å². The number of nitrogens with zero attached hydrogens (tertiary/aromatic N) is 4. The maximum absolute atomic E-state index is 12.5. The molecule has 31 heavy (non-hydrogen) atoms. The van der Waals surface area contributed by atoms with E-state index in [0.29, 0.717) is 26.7 Å². The van der Waals surface area contributed by atoms with Crippen LogP contribution in [0.4, 0.5) is 5.69 Å². The monoisotopic (exact) mass is 469 g/mol. The first kappa shape index (κ1) is 21.4. The molecule has 2 heterocycles. The fraction of sp³-hybridized carbons (Fsp3) is 0.0909. The van der Waals surface area contributed by atoms with Crippen LogP contribution < -0.4 is 5.32 Å². The third-order valence-electron chi connectivity index (χ3n) is 4.45. The van der Waals surface area contributed by atoms with E-state index < -0.39 is 0 Å². The molecule has 0 aliphatic heterocycles. The maximum atomic E-state index is 12.5. The van der Waals surface area contributed by atoms with Crippen LogP contribution >= 0.6 is 35.0 Å². The van der Waals surface area contributed by atoms with Gasteiger partial charge in [-0.1, -0.05) is 53.2 Å². The molecule has 2 aromatic carbocycles. The smallest absolute Gasteiger partial charge is 0.234 e. The Morgan fingerprint density at radius 1 is 1.06 bits per heavy atom. The minimum atomic E-state index is -0.189. The Kier molecular flexibility index (Phi) is 6.56. The summed E-state index contributed by atoms with van der Waals surface area (Å²) in [4.78, 5) is 16.7. The van der Waals surface area contributed by atoms with Crippen LogP contribution in [0.1, 0.15) is 5.56 Å². The fourth-order valence-corrected chi connectivity index (χ4v) is 4.02. The number of halogens is 2. The van der Waals surface area contributed by atoms with E-state index in [1.165, 1.54) is 11.8 Å². The highest BCUT2D eigenvalue weighted by molar-refractivity contribution is 7.99. The standard InChI is InChI=1S/C22H17Cl2N5OS/c1-14-5-2-3-7-19(14)29-21(15-6-4-10-25-12-15)27-28-22(29)31-13-20(30)26-16-8-9-17(23)18(24)11-16/h2-12H,13H2,1H3,(H,26,30). The van der Waals surface area contributed by atoms with Gasteiger partial charge in [0.15, 0.2) is 11.0 Å². The van der Waals surface area contributed by atoms with E-state index >= 15 is 0 Å². The number of anilines is 1. The van der Waals surface area contributed by atoms with E-state index in [4.69, 9.17) is 23.2 Å². The van der Waals surface area contributed by atoms with Crippen molar-refractivity contribution in [3.8, 4) is 17.1 Å². The molecule has 0 spiro atoms. The summed E-state index contributed by atoms with van der Waals surface area (Å²) in [6.45, 7) is 2.02. The Morgan fingerprint density at radius 2 is 1.90 bits per heavy atom. The van der Waals surface area contributed by atoms with Crippen molar-refractivity contribution in [2.75, 3.05) is 11.1 Å². The van der Waals surface area contributed by atoms with Crippen LogP contribution in [0.5, 0.6) is 0 Å². The molecule has 0 fully saturated rings. The zero-order chi connectivity index (χ0) is 21.8. The first-order valence-corrected chi connectivity index (χ1v) is 11.1. The zero-order valence-electron chi connectivity index (χ0n) is 16.4. The number of hydrogen-bond donors (Lipinski definition) is 1. The van der Waals surface area contributed by atoms with E-state index in [9.17, 15) is 4.79 Å². The third-order valence-corrected chi connectivity index (χ3v) is 6.11. The summed E-state index contributed by atoms with van der Waals surface area (Å²) in [7, 11) is 0. The number of pyridine rings is 1. The normalized spacial score (nSPS) is 10.8. The number of thioether (sulfide) groups is 1. The average Bonchev–Trinajstić information content (AvgIpc) is 3.19. The zero-order valence-corrected chi connectivity index (χ0v) is 18.7. The second-order valence-corrected chi connectivity index (χ2v) is 8.39. The van der Waals surface area contributed by atoms with Gasteiger partial charge >= 0.3 is 0 Å². The number of hydrogen-bond acceptors (Lipinski definition) is 5. The van der Waals surface area contributed by atoms with Gasteiger partial charge in [-0.3, -0.25) is 14.3 Å². The molecule has 4 aromatic rings. The molecule has 1 amide bonds. The largest absolute Gasteiger partial charge is 0.325 e. The molecule has 0 aliphatic carbocycles. The van der Waals surface area contributed by atoms with E-state index in [1.807, 2.05) is 47.9 Å². The number of aromatic nitrogens is 4. The Morgan fingerprint density at radius 3 is 2.65 bits per heavy atom. The summed E-state index contributed by atoms with van der Waals surface area (Å²) in [5, 5.41) is 13.0. The lowest BCUT2D eigenvalue weighted by molar-refractivity contribution is -0.113. The molecule has 0 aliphatic rings. The van der Waals surface area contributed by atoms with E-state index in [1.54, 1.807) is 30.6 Å². The third kappa shape index (κ3) is 4.90. The lowest BCUT2D eigenvalue weighted by Gasteiger charge is -2.12. The van der Waals surface area contributed by atoms with Gasteiger partial charge in [-0.2, -0.15) is 0 Å². The number of carbonyl (C=O) groups is 1. The molecule has 0 saturated carbocycles. The molecular weight excluding hydrogens is 453 g/mol. The van der Waals surface area contributed by atoms with Crippen LogP contribution in [0.3, 0.4) is 0 Å². The van der Waals surface area contributed by atoms with Crippen molar-refractivity contribution in [1.82, 2.24) is 19.7 Å². The Labute approximate surface area is 193 Å². The summed E-state index contributed by atoms with van der Waals surface area (Å²) in [6, 6.07) is 16.7. The second kappa shape index (κ2) is 9.51. The Hall–Kier alpha value is -2.87. The molecular formula is C22H17Cl2N5OS. The summed E-state index contributed by atoms with van der Waals surface area (Å²) >= 11 is 13.2. The highest BCUT2D eigenvalue weighted by Gasteiger charge is 2.18. The number of rotatable bonds is 6. The highest BCUT2D eigenvalue weighted by atomic mass is 35.5. The number of amides is 1. The molecule has 1 N–H and O–H groups in total. The van der Waals surface area contributed by atoms with Crippen LogP contribution in [0, 0.1) is 6.92 Å². The number of aryl methyl sites for hydroxylation is 1. The number of carbonyl (C=O) groups excluding carboxylic acids is 1. The van der Waals surface area contributed by atoms with Crippen molar-refractivity contribution in [3.63, 3.8) is 0 Å². The molecule has 9 heteroatoms. The minimum absolute atomic E-state index is 0.150. The number of nitrogens with one attached hydrogen (secondary N) is 1. The lowest BCUT2D eigenvalue weighted by atomic mass is 10.2. The van der Waals surface area contributed by atoms with Gasteiger partial charge in [-0.15, -0.1) is 10.2 Å². The molecule has 0 saturated heterocycles. The summed E-state index contributed by atoms with van der Waals surface area (Å²) in [6.07, 6.45) is 3.45. The molecule has 0 unspecified atom stereocenters. The van der Waals surface area contributed by atoms with Gasteiger partial charge in [0, 0.05) is 23.6 Å².